The van der Waals surface area contributed by atoms with E-state index in [0.717, 1.165) is 48.2 Å². The number of alkyl halides is 2. The van der Waals surface area contributed by atoms with Crippen molar-refractivity contribution >= 4 is 95.3 Å². The number of halogens is 3. The maximum absolute atomic E-state index is 14.4. The maximum atomic E-state index is 14.4. The van der Waals surface area contributed by atoms with E-state index >= 15 is 0 Å². The molecule has 9 N–H and O–H groups in total. The zero-order chi connectivity index (χ0) is 92.0. The normalized spacial score (nSPS) is 19.5. The lowest BCUT2D eigenvalue weighted by Gasteiger charge is -2.27. The molecule has 6 fully saturated rings. The molecule has 10 heterocycles. The van der Waals surface area contributed by atoms with Gasteiger partial charge in [-0.1, -0.05) is 142 Å². The summed E-state index contributed by atoms with van der Waals surface area (Å²) in [6.07, 6.45) is 9.94. The summed E-state index contributed by atoms with van der Waals surface area (Å²) in [6, 6.07) is 32.5. The van der Waals surface area contributed by atoms with Gasteiger partial charge >= 0.3 is 35.5 Å². The van der Waals surface area contributed by atoms with Crippen LogP contribution in [0.25, 0.3) is 0 Å². The molecule has 0 spiro atoms. The standard InChI is InChI=1S/C23H26F2N6O7.C21H23N3O4.C16H21NO3.C15H20N2O3.C14H17N3O4.5CH4.ClH/c1-12(27-18(34)13-4-7-26-8-5-13)20(36)30-9-2-3-14(30)19(35)28-16-6-10-31(22(37)29-16)21-23(24,25)17(33)15(11-32)38-21;1-15(23-19(25)17-9-11-22-12-10-17)20(26)24-13-5-8-18(24)21(27)28-14-16-6-3-2-4-7-16;1-12(2)15(18)17-10-6-9-14(17)16(19)20-11-13-7-4-3-5-8-13;1-11(16)14(18)17-9-5-8-13(17)15(19)20-10-12-6-3-2-4-7-12;1-9(16-12(18)10-4-6-15-7-5-10)13(19)17-8-2-3-11(17)14(20)21;;;;;;/h4-8,10,12,14-15,17,21,32-33H,2-3,9,11H2,1H3,(H,27,34)(H,28,29,35,37);2-4,6-7,9-12,15,18H,5,8,13-14H2,1H3,(H,23,25);3-5,7-8,12,14H,6,9-11H2,1-2H3;2-4,6-7,11,13H,5,8-10,16H2,1H3;4-7,9,11H,2-3,8H2,1H3,(H,16,18)(H,20,21);5*1H4;1H/t12-,14+,15?,17?,21?;15-,18+;14-;11-,13+;9-,11+;;;;;;/m11011....../s1. The highest BCUT2D eigenvalue weighted by atomic mass is 35.5. The summed E-state index contributed by atoms with van der Waals surface area (Å²) < 4.78 is 50.2. The molecule has 0 saturated carbocycles. The number of aliphatic hydroxyl groups is 2. The molecule has 6 aliphatic heterocycles. The van der Waals surface area contributed by atoms with Crippen LogP contribution in [0.5, 0.6) is 0 Å². The molecule has 6 aliphatic rings. The molecule has 36 nitrogen and oxygen atoms in total. The third kappa shape index (κ3) is 31.7. The van der Waals surface area contributed by atoms with Crippen LogP contribution in [0.1, 0.15) is 197 Å². The smallest absolute Gasteiger partial charge is 0.351 e. The molecule has 0 radical (unpaired) electrons. The molecule has 39 heteroatoms. The number of carbonyl (C=O) groups excluding carboxylic acids is 12. The second kappa shape index (κ2) is 55.4. The number of carbonyl (C=O) groups is 13. The fraction of sp³-hybridized carbons (Fsp3) is 0.468. The average Bonchev–Trinajstić information content (AvgIpc) is 1.60. The van der Waals surface area contributed by atoms with Gasteiger partial charge in [-0.25, -0.2) is 24.0 Å². The van der Waals surface area contributed by atoms with Gasteiger partial charge in [0, 0.05) is 98.7 Å². The number of amides is 9. The summed E-state index contributed by atoms with van der Waals surface area (Å²) in [6.45, 7) is 12.2. The number of hydrogen-bond donors (Lipinski definition) is 8. The number of aromatic nitrogens is 5. The first kappa shape index (κ1) is 114. The predicted molar refractivity (Wildman–Crippen MR) is 492 cm³/mol. The Bertz CT molecular complexity index is 4880. The number of aliphatic carboxylic acids is 1. The number of ether oxygens (including phenoxy) is 4. The molecule has 3 aromatic carbocycles. The zero-order valence-electron chi connectivity index (χ0n) is 71.6. The van der Waals surface area contributed by atoms with Gasteiger partial charge in [0.25, 0.3) is 17.7 Å². The highest BCUT2D eigenvalue weighted by Gasteiger charge is 2.59. The highest BCUT2D eigenvalue weighted by molar-refractivity contribution is 6.01. The van der Waals surface area contributed by atoms with Crippen molar-refractivity contribution in [1.29, 1.82) is 0 Å². The molecule has 12 atom stereocenters. The first-order valence-corrected chi connectivity index (χ1v) is 41.8. The number of benzene rings is 3. The topological polar surface area (TPSA) is 483 Å². The van der Waals surface area contributed by atoms with Crippen LogP contribution in [0.3, 0.4) is 0 Å². The lowest BCUT2D eigenvalue weighted by molar-refractivity contribution is -0.155. The van der Waals surface area contributed by atoms with Crippen molar-refractivity contribution in [3.63, 3.8) is 0 Å². The monoisotopic (exact) mass is 1880 g/mol. The summed E-state index contributed by atoms with van der Waals surface area (Å²) in [7, 11) is 0. The Balaban J connectivity index is 0.000000434. The number of carboxylic acid groups (broad SMARTS) is 1. The van der Waals surface area contributed by atoms with Gasteiger partial charge in [-0.3, -0.25) is 62.7 Å². The SMILES string of the molecule is C.C.C.C.C.CC(C)C(=O)N1CCC[C@H]1C(=O)OCc1ccccc1.C[C@@H](N)C(=O)N1CCC[C@H]1C(=O)OCc1ccccc1.C[C@@H](NC(=O)c1ccncc1)C(=O)N1CCC[C@H]1C(=O)Nc1ccn(C2OC(CO)C(O)C2(F)F)c(=O)n1.C[C@@H](NC(=O)c1ccncc1)C(=O)N1CCC[C@H]1C(=O)O.C[C@@H](NC(=O)c1ccncc1)C(=O)N1CCC[C@H]1C(=O)OCc1ccccc1.Cl. The van der Waals surface area contributed by atoms with E-state index < -0.39 is 121 Å². The first-order chi connectivity index (χ1) is 60.8. The number of nitrogens with two attached hydrogens (primary N) is 1. The second-order valence-electron chi connectivity index (χ2n) is 31.1. The number of rotatable bonds is 25. The third-order valence-corrected chi connectivity index (χ3v) is 21.5. The maximum Gasteiger partial charge on any atom is 0.351 e. The van der Waals surface area contributed by atoms with Crippen molar-refractivity contribution in [3.8, 4) is 0 Å². The van der Waals surface area contributed by atoms with E-state index in [1.165, 1.54) is 75.8 Å². The van der Waals surface area contributed by atoms with Crippen LogP contribution in [-0.4, -0.2) is 253 Å². The Morgan fingerprint density at radius 2 is 0.774 bits per heavy atom. The molecular formula is C94H128ClF2N15O21. The summed E-state index contributed by atoms with van der Waals surface area (Å²) in [5.74, 6) is -9.43. The van der Waals surface area contributed by atoms with Crippen molar-refractivity contribution < 1.29 is 105 Å². The van der Waals surface area contributed by atoms with Crippen molar-refractivity contribution in [2.24, 2.45) is 11.7 Å². The molecule has 0 aliphatic carbocycles. The van der Waals surface area contributed by atoms with Gasteiger partial charge < -0.3 is 85.8 Å². The number of likely N-dealkylation sites (tertiary alicyclic amines) is 5. The number of hydrogen-bond acceptors (Lipinski definition) is 25. The summed E-state index contributed by atoms with van der Waals surface area (Å²) >= 11 is 0. The lowest BCUT2D eigenvalue weighted by atomic mass is 10.1. The molecule has 726 valence electrons. The van der Waals surface area contributed by atoms with E-state index in [1.54, 1.807) is 49.9 Å². The second-order valence-corrected chi connectivity index (χ2v) is 31.1. The number of carboxylic acids is 1. The Morgan fingerprint density at radius 3 is 1.08 bits per heavy atom. The fourth-order valence-corrected chi connectivity index (χ4v) is 14.8. The van der Waals surface area contributed by atoms with E-state index in [1.807, 2.05) is 105 Å². The number of anilines is 1. The van der Waals surface area contributed by atoms with E-state index in [9.17, 15) is 81.0 Å². The van der Waals surface area contributed by atoms with E-state index in [-0.39, 0.29) is 135 Å². The molecule has 13 rings (SSSR count). The van der Waals surface area contributed by atoms with Crippen LogP contribution >= 0.6 is 12.4 Å². The Labute approximate surface area is 780 Å². The van der Waals surface area contributed by atoms with E-state index in [4.69, 9.17) is 34.9 Å². The minimum Gasteiger partial charge on any atom is -0.480 e. The van der Waals surface area contributed by atoms with Gasteiger partial charge in [0.2, 0.25) is 41.7 Å². The van der Waals surface area contributed by atoms with Gasteiger partial charge in [-0.2, -0.15) is 13.8 Å². The largest absolute Gasteiger partial charge is 0.480 e. The number of pyridine rings is 3. The van der Waals surface area contributed by atoms with Crippen molar-refractivity contribution in [3.05, 3.63) is 221 Å². The van der Waals surface area contributed by atoms with Gasteiger partial charge in [0.15, 0.2) is 6.10 Å². The van der Waals surface area contributed by atoms with Crippen molar-refractivity contribution in [2.45, 2.75) is 241 Å². The fourth-order valence-electron chi connectivity index (χ4n) is 14.8. The Hall–Kier alpha value is -12.9. The molecule has 4 aromatic heterocycles. The van der Waals surface area contributed by atoms with Gasteiger partial charge in [0.1, 0.15) is 80.1 Å². The van der Waals surface area contributed by atoms with E-state index in [2.05, 4.69) is 41.2 Å². The molecule has 0 bridgehead atoms. The summed E-state index contributed by atoms with van der Waals surface area (Å²) in [5.41, 5.74) is 8.34. The number of esters is 3. The molecule has 9 amide bonds. The van der Waals surface area contributed by atoms with Crippen LogP contribution in [0.15, 0.2) is 182 Å². The quantitative estimate of drug-likeness (QED) is 0.0196. The molecule has 133 heavy (non-hydrogen) atoms. The average molecular weight is 1880 g/mol. The van der Waals surface area contributed by atoms with Crippen LogP contribution in [-0.2, 0) is 86.7 Å². The summed E-state index contributed by atoms with van der Waals surface area (Å²) in [4.78, 5) is 194. The molecular weight excluding hydrogens is 1750 g/mol. The predicted octanol–water partition coefficient (Wildman–Crippen LogP) is 8.53. The van der Waals surface area contributed by atoms with Gasteiger partial charge in [0.05, 0.1) is 12.6 Å². The number of nitrogens with one attached hydrogen (secondary N) is 4. The van der Waals surface area contributed by atoms with Crippen molar-refractivity contribution in [2.75, 3.05) is 44.6 Å². The molecule has 7 aromatic rings. The summed E-state index contributed by atoms with van der Waals surface area (Å²) in [5, 5.41) is 38.1. The first-order valence-electron chi connectivity index (χ1n) is 41.8. The van der Waals surface area contributed by atoms with Crippen LogP contribution in [0.4, 0.5) is 14.6 Å². The number of aliphatic hydroxyl groups excluding tert-OH is 2. The van der Waals surface area contributed by atoms with Crippen LogP contribution in [0.2, 0.25) is 0 Å². The Morgan fingerprint density at radius 1 is 0.466 bits per heavy atom. The van der Waals surface area contributed by atoms with Gasteiger partial charge in [-0.05, 0) is 151 Å². The van der Waals surface area contributed by atoms with Crippen LogP contribution in [0, 0.1) is 5.92 Å². The van der Waals surface area contributed by atoms with Crippen LogP contribution < -0.4 is 32.7 Å². The minimum atomic E-state index is -3.88. The minimum absolute atomic E-state index is 0. The third-order valence-electron chi connectivity index (χ3n) is 21.5. The van der Waals surface area contributed by atoms with Gasteiger partial charge in [-0.15, -0.1) is 12.4 Å². The van der Waals surface area contributed by atoms with E-state index in [0.29, 0.717) is 92.4 Å². The highest BCUT2D eigenvalue weighted by Crippen LogP contribution is 2.42. The molecule has 6 saturated heterocycles. The zero-order valence-corrected chi connectivity index (χ0v) is 72.4. The lowest BCUT2D eigenvalue weighted by Crippen LogP contribution is -2.51. The number of nitrogens with zero attached hydrogens (tertiary/aromatic N) is 10. The van der Waals surface area contributed by atoms with Crippen molar-refractivity contribution in [1.82, 2.24) is 65.0 Å². The molecule has 3 unspecified atom stereocenters. The Kier molecular flexibility index (Phi) is 47.6.